The number of benzene rings is 1. The minimum Gasteiger partial charge on any atom is -0.349 e. The van der Waals surface area contributed by atoms with Crippen molar-refractivity contribution in [2.75, 3.05) is 16.7 Å². The van der Waals surface area contributed by atoms with Crippen LogP contribution in [-0.4, -0.2) is 36.3 Å². The summed E-state index contributed by atoms with van der Waals surface area (Å²) in [5.41, 5.74) is 2.30. The van der Waals surface area contributed by atoms with Gasteiger partial charge in [-0.05, 0) is 49.4 Å². The van der Waals surface area contributed by atoms with E-state index in [1.54, 1.807) is 29.5 Å². The van der Waals surface area contributed by atoms with Crippen LogP contribution in [0.5, 0.6) is 0 Å². The van der Waals surface area contributed by atoms with Crippen LogP contribution in [0.25, 0.3) is 10.2 Å². The van der Waals surface area contributed by atoms with Crippen molar-refractivity contribution in [2.45, 2.75) is 38.0 Å². The van der Waals surface area contributed by atoms with Crippen LogP contribution in [0.3, 0.4) is 0 Å². The number of sulfonamides is 1. The zero-order valence-corrected chi connectivity index (χ0v) is 20.2. The first-order valence-corrected chi connectivity index (χ1v) is 14.0. The molecule has 0 spiro atoms. The van der Waals surface area contributed by atoms with E-state index in [1.807, 2.05) is 13.0 Å². The summed E-state index contributed by atoms with van der Waals surface area (Å²) in [5.74, 6) is 1.08. The highest BCUT2D eigenvalue weighted by Crippen LogP contribution is 2.34. The third kappa shape index (κ3) is 5.33. The molecule has 2 heterocycles. The van der Waals surface area contributed by atoms with Crippen LogP contribution in [0.2, 0.25) is 0 Å². The van der Waals surface area contributed by atoms with Gasteiger partial charge in [0, 0.05) is 10.6 Å². The Balaban J connectivity index is 1.33. The van der Waals surface area contributed by atoms with Crippen molar-refractivity contribution in [3.8, 4) is 0 Å². The highest BCUT2D eigenvalue weighted by atomic mass is 32.2. The quantitative estimate of drug-likeness (QED) is 0.445. The Morgan fingerprint density at radius 3 is 2.94 bits per heavy atom. The smallest absolute Gasteiger partial charge is 0.259 e. The molecule has 32 heavy (non-hydrogen) atoms. The van der Waals surface area contributed by atoms with Crippen LogP contribution in [0.4, 0.5) is 5.69 Å². The Kier molecular flexibility index (Phi) is 6.59. The average Bonchev–Trinajstić information content (AvgIpc) is 3.27. The van der Waals surface area contributed by atoms with E-state index >= 15 is 0 Å². The molecule has 8 nitrogen and oxygen atoms in total. The van der Waals surface area contributed by atoms with Crippen LogP contribution in [0.1, 0.15) is 41.2 Å². The fraction of sp³-hybridized carbons (Fsp3) is 0.381. The number of carbonyl (C=O) groups is 1. The lowest BCUT2D eigenvalue weighted by Gasteiger charge is -2.15. The number of thiophene rings is 1. The third-order valence-electron chi connectivity index (χ3n) is 5.16. The highest BCUT2D eigenvalue weighted by molar-refractivity contribution is 7.99. The molecule has 1 amide bonds. The van der Waals surface area contributed by atoms with E-state index in [4.69, 9.17) is 0 Å². The lowest BCUT2D eigenvalue weighted by molar-refractivity contribution is -0.119. The van der Waals surface area contributed by atoms with E-state index in [1.165, 1.54) is 16.6 Å². The molecule has 1 atom stereocenters. The number of rotatable bonds is 8. The van der Waals surface area contributed by atoms with Gasteiger partial charge in [-0.15, -0.1) is 23.1 Å². The molecule has 1 unspecified atom stereocenters. The van der Waals surface area contributed by atoms with Crippen molar-refractivity contribution in [2.24, 2.45) is 0 Å². The zero-order chi connectivity index (χ0) is 22.9. The van der Waals surface area contributed by atoms with Crippen molar-refractivity contribution in [1.29, 1.82) is 0 Å². The number of aromatic amines is 1. The predicted molar refractivity (Wildman–Crippen MR) is 130 cm³/mol. The Bertz CT molecular complexity index is 1330. The molecule has 1 aliphatic rings. The van der Waals surface area contributed by atoms with Gasteiger partial charge in [0.15, 0.2) is 0 Å². The minimum absolute atomic E-state index is 0.0920. The van der Waals surface area contributed by atoms with Crippen LogP contribution in [0, 0.1) is 0 Å². The molecule has 2 aromatic heterocycles. The number of hydrogen-bond donors (Lipinski definition) is 3. The number of hydrogen-bond acceptors (Lipinski definition) is 7. The Morgan fingerprint density at radius 1 is 1.34 bits per heavy atom. The second kappa shape index (κ2) is 9.24. The summed E-state index contributed by atoms with van der Waals surface area (Å²) < 4.78 is 25.3. The summed E-state index contributed by atoms with van der Waals surface area (Å²) in [6.07, 6.45) is 4.15. The second-order valence-electron chi connectivity index (χ2n) is 7.83. The van der Waals surface area contributed by atoms with Gasteiger partial charge in [0.25, 0.3) is 5.56 Å². The first kappa shape index (κ1) is 22.8. The first-order chi connectivity index (χ1) is 15.2. The number of aryl methyl sites for hydroxylation is 2. The number of anilines is 1. The number of carbonyl (C=O) groups excluding carboxylic acids is 1. The van der Waals surface area contributed by atoms with E-state index in [0.717, 1.165) is 46.9 Å². The van der Waals surface area contributed by atoms with Crippen molar-refractivity contribution in [3.63, 3.8) is 0 Å². The maximum atomic E-state index is 12.5. The van der Waals surface area contributed by atoms with Crippen LogP contribution >= 0.6 is 23.1 Å². The van der Waals surface area contributed by atoms with E-state index < -0.39 is 10.0 Å². The summed E-state index contributed by atoms with van der Waals surface area (Å²) in [4.78, 5) is 34.4. The molecule has 0 saturated heterocycles. The van der Waals surface area contributed by atoms with Gasteiger partial charge in [0.2, 0.25) is 15.9 Å². The molecule has 0 fully saturated rings. The predicted octanol–water partition coefficient (Wildman–Crippen LogP) is 2.96. The summed E-state index contributed by atoms with van der Waals surface area (Å²) in [6, 6.07) is 6.63. The van der Waals surface area contributed by atoms with Crippen molar-refractivity contribution in [1.82, 2.24) is 15.3 Å². The molecule has 1 aromatic carbocycles. The molecule has 0 bridgehead atoms. The molecular weight excluding hydrogens is 468 g/mol. The topological polar surface area (TPSA) is 121 Å². The van der Waals surface area contributed by atoms with Crippen LogP contribution in [0.15, 0.2) is 29.1 Å². The van der Waals surface area contributed by atoms with Gasteiger partial charge < -0.3 is 10.3 Å². The standard InChI is InChI=1S/C21H24N4O4S3/c1-12(13-5-3-6-14(9-13)25-32(2,28)29)22-18(26)11-30-10-17-23-20(27)19-15-7-4-8-16(15)31-21(19)24-17/h3,5-6,9,12,25H,4,7-8,10-11H2,1-2H3,(H,22,26)(H,23,24,27). The number of H-pyrrole nitrogens is 1. The number of thioether (sulfide) groups is 1. The van der Waals surface area contributed by atoms with Gasteiger partial charge in [-0.3, -0.25) is 14.3 Å². The van der Waals surface area contributed by atoms with E-state index in [-0.39, 0.29) is 23.3 Å². The first-order valence-electron chi connectivity index (χ1n) is 10.2. The summed E-state index contributed by atoms with van der Waals surface area (Å²) in [5, 5.41) is 3.64. The number of nitrogens with zero attached hydrogens (tertiary/aromatic N) is 1. The maximum absolute atomic E-state index is 12.5. The van der Waals surface area contributed by atoms with Crippen molar-refractivity contribution < 1.29 is 13.2 Å². The summed E-state index contributed by atoms with van der Waals surface area (Å²) in [7, 11) is -3.37. The second-order valence-corrected chi connectivity index (χ2v) is 11.6. The zero-order valence-electron chi connectivity index (χ0n) is 17.7. The van der Waals surface area contributed by atoms with Gasteiger partial charge in [0.1, 0.15) is 10.7 Å². The van der Waals surface area contributed by atoms with E-state index in [0.29, 0.717) is 17.3 Å². The van der Waals surface area contributed by atoms with E-state index in [9.17, 15) is 18.0 Å². The number of fused-ring (bicyclic) bond motifs is 3. The van der Waals surface area contributed by atoms with Crippen molar-refractivity contribution in [3.05, 3.63) is 56.4 Å². The number of amides is 1. The Morgan fingerprint density at radius 2 is 2.16 bits per heavy atom. The molecule has 0 saturated carbocycles. The lowest BCUT2D eigenvalue weighted by Crippen LogP contribution is -2.28. The Labute approximate surface area is 194 Å². The lowest BCUT2D eigenvalue weighted by atomic mass is 10.1. The van der Waals surface area contributed by atoms with E-state index in [2.05, 4.69) is 20.0 Å². The van der Waals surface area contributed by atoms with Crippen LogP contribution in [-0.2, 0) is 33.4 Å². The molecule has 4 rings (SSSR count). The third-order valence-corrected chi connectivity index (χ3v) is 7.90. The van der Waals surface area contributed by atoms with Crippen molar-refractivity contribution >= 4 is 54.9 Å². The van der Waals surface area contributed by atoms with Gasteiger partial charge in [-0.2, -0.15) is 0 Å². The normalized spacial score (nSPS) is 14.3. The fourth-order valence-corrected chi connectivity index (χ4v) is 6.34. The highest BCUT2D eigenvalue weighted by Gasteiger charge is 2.21. The molecule has 0 aliphatic heterocycles. The monoisotopic (exact) mass is 492 g/mol. The van der Waals surface area contributed by atoms with Gasteiger partial charge in [-0.25, -0.2) is 13.4 Å². The minimum atomic E-state index is -3.37. The molecule has 11 heteroatoms. The molecule has 1 aliphatic carbocycles. The largest absolute Gasteiger partial charge is 0.349 e. The molecule has 170 valence electrons. The molecule has 3 N–H and O–H groups in total. The summed E-state index contributed by atoms with van der Waals surface area (Å²) >= 11 is 2.98. The molecule has 3 aromatic rings. The van der Waals surface area contributed by atoms with Crippen LogP contribution < -0.4 is 15.6 Å². The molecular formula is C21H24N4O4S3. The fourth-order valence-electron chi connectivity index (χ4n) is 3.81. The van der Waals surface area contributed by atoms with Gasteiger partial charge in [-0.1, -0.05) is 12.1 Å². The van der Waals surface area contributed by atoms with Gasteiger partial charge >= 0.3 is 0 Å². The Hall–Kier alpha value is -2.37. The average molecular weight is 493 g/mol. The number of aromatic nitrogens is 2. The maximum Gasteiger partial charge on any atom is 0.259 e. The number of nitrogens with one attached hydrogen (secondary N) is 3. The SMILES string of the molecule is CC(NC(=O)CSCc1nc2sc3c(c2c(=O)[nH]1)CCC3)c1cccc(NS(C)(=O)=O)c1. The van der Waals surface area contributed by atoms with Gasteiger partial charge in [0.05, 0.1) is 29.2 Å². The molecule has 0 radical (unpaired) electrons. The summed E-state index contributed by atoms with van der Waals surface area (Å²) in [6.45, 7) is 1.84.